The van der Waals surface area contributed by atoms with E-state index >= 15 is 0 Å². The molecule has 0 saturated heterocycles. The van der Waals surface area contributed by atoms with Crippen molar-refractivity contribution in [1.29, 1.82) is 0 Å². The molecular formula is C21H21N3O3S. The van der Waals surface area contributed by atoms with Crippen LogP contribution in [-0.2, 0) is 16.0 Å². The minimum Gasteiger partial charge on any atom is -0.497 e. The highest BCUT2D eigenvalue weighted by atomic mass is 32.1. The molecule has 144 valence electrons. The summed E-state index contributed by atoms with van der Waals surface area (Å²) >= 11 is 1.58. The smallest absolute Gasteiger partial charge is 0.313 e. The standard InChI is InChI=1S/C21H21N3O3S/c1-14-18(28-21(23-14)15-8-10-17(27-2)11-9-15)12-13-22-19(25)20(26)24-16-6-4-3-5-7-16/h3-11H,12-13H2,1-2H3,(H,22,25)(H,24,26). The third-order valence-electron chi connectivity index (χ3n) is 4.11. The third kappa shape index (κ3) is 4.95. The van der Waals surface area contributed by atoms with Crippen LogP contribution in [0.25, 0.3) is 10.6 Å². The molecule has 0 bridgehead atoms. The van der Waals surface area contributed by atoms with Crippen molar-refractivity contribution in [1.82, 2.24) is 10.3 Å². The van der Waals surface area contributed by atoms with E-state index in [1.165, 1.54) is 0 Å². The van der Waals surface area contributed by atoms with Crippen LogP contribution in [0.15, 0.2) is 54.6 Å². The first-order chi connectivity index (χ1) is 13.6. The largest absolute Gasteiger partial charge is 0.497 e. The lowest BCUT2D eigenvalue weighted by molar-refractivity contribution is -0.136. The van der Waals surface area contributed by atoms with E-state index in [0.29, 0.717) is 18.7 Å². The van der Waals surface area contributed by atoms with Crippen molar-refractivity contribution in [2.75, 3.05) is 19.0 Å². The number of nitrogens with zero attached hydrogens (tertiary/aromatic N) is 1. The van der Waals surface area contributed by atoms with E-state index in [2.05, 4.69) is 15.6 Å². The van der Waals surface area contributed by atoms with Gasteiger partial charge < -0.3 is 15.4 Å². The summed E-state index contributed by atoms with van der Waals surface area (Å²) in [5.41, 5.74) is 2.54. The summed E-state index contributed by atoms with van der Waals surface area (Å²) in [5.74, 6) is -0.527. The van der Waals surface area contributed by atoms with Crippen molar-refractivity contribution < 1.29 is 14.3 Å². The summed E-state index contributed by atoms with van der Waals surface area (Å²) < 4.78 is 5.18. The maximum atomic E-state index is 12.0. The number of hydrogen-bond acceptors (Lipinski definition) is 5. The number of para-hydroxylation sites is 1. The zero-order chi connectivity index (χ0) is 19.9. The average Bonchev–Trinajstić information content (AvgIpc) is 3.09. The van der Waals surface area contributed by atoms with Gasteiger partial charge >= 0.3 is 11.8 Å². The van der Waals surface area contributed by atoms with Crippen LogP contribution in [0.5, 0.6) is 5.75 Å². The Kier molecular flexibility index (Phi) is 6.39. The first kappa shape index (κ1) is 19.6. The van der Waals surface area contributed by atoms with Crippen LogP contribution in [-0.4, -0.2) is 30.5 Å². The summed E-state index contributed by atoms with van der Waals surface area (Å²) in [6.07, 6.45) is 0.615. The number of thiazole rings is 1. The Bertz CT molecular complexity index is 953. The van der Waals surface area contributed by atoms with Crippen LogP contribution in [0.3, 0.4) is 0 Å². The lowest BCUT2D eigenvalue weighted by Crippen LogP contribution is -2.36. The number of benzene rings is 2. The molecule has 0 unspecified atom stereocenters. The summed E-state index contributed by atoms with van der Waals surface area (Å²) in [6, 6.07) is 16.6. The van der Waals surface area contributed by atoms with Gasteiger partial charge in [0, 0.05) is 29.1 Å². The minimum absolute atomic E-state index is 0.367. The number of aryl methyl sites for hydroxylation is 1. The molecule has 0 radical (unpaired) electrons. The summed E-state index contributed by atoms with van der Waals surface area (Å²) in [5, 5.41) is 6.14. The van der Waals surface area contributed by atoms with Crippen molar-refractivity contribution in [2.45, 2.75) is 13.3 Å². The molecule has 0 saturated carbocycles. The van der Waals surface area contributed by atoms with Crippen molar-refractivity contribution in [3.05, 3.63) is 65.2 Å². The Morgan fingerprint density at radius 1 is 1.04 bits per heavy atom. The number of ether oxygens (including phenoxy) is 1. The van der Waals surface area contributed by atoms with Crippen LogP contribution in [0.1, 0.15) is 10.6 Å². The molecule has 1 heterocycles. The first-order valence-corrected chi connectivity index (χ1v) is 9.63. The van der Waals surface area contributed by atoms with Gasteiger partial charge in [-0.2, -0.15) is 0 Å². The molecule has 3 rings (SSSR count). The number of rotatable bonds is 6. The second-order valence-corrected chi connectivity index (χ2v) is 7.17. The van der Waals surface area contributed by atoms with Gasteiger partial charge in [-0.3, -0.25) is 9.59 Å². The van der Waals surface area contributed by atoms with Gasteiger partial charge in [-0.15, -0.1) is 11.3 Å². The minimum atomic E-state index is -0.675. The fraction of sp³-hybridized carbons (Fsp3) is 0.190. The summed E-state index contributed by atoms with van der Waals surface area (Å²) in [6.45, 7) is 2.31. The van der Waals surface area contributed by atoms with Gasteiger partial charge in [0.2, 0.25) is 0 Å². The van der Waals surface area contributed by atoms with Gasteiger partial charge in [0.15, 0.2) is 0 Å². The van der Waals surface area contributed by atoms with Crippen LogP contribution in [0.4, 0.5) is 5.69 Å². The van der Waals surface area contributed by atoms with E-state index < -0.39 is 11.8 Å². The molecule has 2 amide bonds. The first-order valence-electron chi connectivity index (χ1n) is 8.82. The topological polar surface area (TPSA) is 80.3 Å². The number of carbonyl (C=O) groups is 2. The average molecular weight is 395 g/mol. The molecule has 0 spiro atoms. The Labute approximate surface area is 167 Å². The Balaban J connectivity index is 1.53. The van der Waals surface area contributed by atoms with Crippen LogP contribution in [0.2, 0.25) is 0 Å². The fourth-order valence-corrected chi connectivity index (χ4v) is 3.66. The lowest BCUT2D eigenvalue weighted by atomic mass is 10.2. The predicted molar refractivity (Wildman–Crippen MR) is 111 cm³/mol. The molecule has 2 N–H and O–H groups in total. The molecule has 0 fully saturated rings. The summed E-state index contributed by atoms with van der Waals surface area (Å²) in [7, 11) is 1.63. The highest BCUT2D eigenvalue weighted by molar-refractivity contribution is 7.15. The van der Waals surface area contributed by atoms with Crippen molar-refractivity contribution >= 4 is 28.8 Å². The van der Waals surface area contributed by atoms with E-state index in [0.717, 1.165) is 26.9 Å². The molecule has 0 atom stereocenters. The Hall–Kier alpha value is -3.19. The molecule has 3 aromatic rings. The van der Waals surface area contributed by atoms with E-state index in [-0.39, 0.29) is 0 Å². The number of anilines is 1. The van der Waals surface area contributed by atoms with Crippen LogP contribution in [0, 0.1) is 6.92 Å². The van der Waals surface area contributed by atoms with E-state index in [9.17, 15) is 9.59 Å². The second kappa shape index (κ2) is 9.14. The SMILES string of the molecule is COc1ccc(-c2nc(C)c(CCNC(=O)C(=O)Nc3ccccc3)s2)cc1. The van der Waals surface area contributed by atoms with Crippen LogP contribution < -0.4 is 15.4 Å². The number of aromatic nitrogens is 1. The molecule has 6 nitrogen and oxygen atoms in total. The summed E-state index contributed by atoms with van der Waals surface area (Å²) in [4.78, 5) is 29.6. The van der Waals surface area contributed by atoms with Crippen molar-refractivity contribution in [2.24, 2.45) is 0 Å². The van der Waals surface area contributed by atoms with Gasteiger partial charge in [0.25, 0.3) is 0 Å². The highest BCUT2D eigenvalue weighted by Crippen LogP contribution is 2.29. The monoisotopic (exact) mass is 395 g/mol. The van der Waals surface area contributed by atoms with E-state index in [1.807, 2.05) is 37.3 Å². The predicted octanol–water partition coefficient (Wildman–Crippen LogP) is 3.42. The maximum absolute atomic E-state index is 12.0. The van der Waals surface area contributed by atoms with Gasteiger partial charge in [-0.05, 0) is 43.3 Å². The molecule has 0 aliphatic rings. The van der Waals surface area contributed by atoms with Crippen molar-refractivity contribution in [3.63, 3.8) is 0 Å². The number of carbonyl (C=O) groups excluding carboxylic acids is 2. The van der Waals surface area contributed by atoms with Crippen molar-refractivity contribution in [3.8, 4) is 16.3 Å². The Morgan fingerprint density at radius 3 is 2.43 bits per heavy atom. The number of nitrogens with one attached hydrogen (secondary N) is 2. The zero-order valence-electron chi connectivity index (χ0n) is 15.7. The van der Waals surface area contributed by atoms with Crippen LogP contribution >= 0.6 is 11.3 Å². The zero-order valence-corrected chi connectivity index (χ0v) is 16.5. The van der Waals surface area contributed by atoms with E-state index in [4.69, 9.17) is 4.74 Å². The van der Waals surface area contributed by atoms with E-state index in [1.54, 1.807) is 42.7 Å². The lowest BCUT2D eigenvalue weighted by Gasteiger charge is -2.06. The molecular weight excluding hydrogens is 374 g/mol. The number of amides is 2. The second-order valence-electron chi connectivity index (χ2n) is 6.08. The highest BCUT2D eigenvalue weighted by Gasteiger charge is 2.14. The quantitative estimate of drug-likeness (QED) is 0.627. The Morgan fingerprint density at radius 2 is 1.75 bits per heavy atom. The third-order valence-corrected chi connectivity index (χ3v) is 5.37. The molecule has 2 aromatic carbocycles. The van der Waals surface area contributed by atoms with Gasteiger partial charge in [-0.1, -0.05) is 18.2 Å². The molecule has 0 aliphatic heterocycles. The van der Waals surface area contributed by atoms with Gasteiger partial charge in [0.1, 0.15) is 10.8 Å². The van der Waals surface area contributed by atoms with Gasteiger partial charge in [-0.25, -0.2) is 4.98 Å². The normalized spacial score (nSPS) is 10.4. The molecule has 28 heavy (non-hydrogen) atoms. The molecule has 7 heteroatoms. The number of hydrogen-bond donors (Lipinski definition) is 2. The molecule has 1 aromatic heterocycles. The molecule has 0 aliphatic carbocycles. The maximum Gasteiger partial charge on any atom is 0.313 e. The number of methoxy groups -OCH3 is 1. The van der Waals surface area contributed by atoms with Gasteiger partial charge in [0.05, 0.1) is 12.8 Å². The fourth-order valence-electron chi connectivity index (χ4n) is 2.60.